The third-order valence-corrected chi connectivity index (χ3v) is 6.67. The van der Waals surface area contributed by atoms with Crippen LogP contribution in [0.2, 0.25) is 0 Å². The van der Waals surface area contributed by atoms with Gasteiger partial charge in [0.1, 0.15) is 0 Å². The van der Waals surface area contributed by atoms with Gasteiger partial charge in [-0.2, -0.15) is 0 Å². The molecule has 2 aliphatic rings. The van der Waals surface area contributed by atoms with Crippen LogP contribution in [0, 0.1) is 5.92 Å². The van der Waals surface area contributed by atoms with Crippen LogP contribution in [0.15, 0.2) is 82.2 Å². The van der Waals surface area contributed by atoms with Crippen molar-refractivity contribution in [2.24, 2.45) is 5.92 Å². The Hall–Kier alpha value is -3.60. The van der Waals surface area contributed by atoms with Crippen molar-refractivity contribution < 1.29 is 9.21 Å². The fraction of sp³-hybridized carbons (Fsp3) is 0.231. The number of carbonyl (C=O) groups is 1. The second kappa shape index (κ2) is 6.98. The molecule has 6 rings (SSSR count). The highest BCUT2D eigenvalue weighted by atomic mass is 16.3. The maximum atomic E-state index is 12.9. The van der Waals surface area contributed by atoms with Crippen molar-refractivity contribution >= 4 is 16.7 Å². The van der Waals surface area contributed by atoms with Crippen molar-refractivity contribution in [1.82, 2.24) is 9.47 Å². The molecule has 0 spiro atoms. The molecule has 0 radical (unpaired) electrons. The molecular weight excluding hydrogens is 388 g/mol. The predicted molar refractivity (Wildman–Crippen MR) is 119 cm³/mol. The Bertz CT molecular complexity index is 1350. The van der Waals surface area contributed by atoms with Gasteiger partial charge in [0, 0.05) is 42.9 Å². The van der Waals surface area contributed by atoms with Gasteiger partial charge in [-0.25, -0.2) is 0 Å². The SMILES string of the molecule is O=C(c1ccco1)N1C[C@@H]2C[C@@H](C1)c1c(-c3ccc4ccccc4c3)ccc(=O)n1C2. The molecule has 0 saturated carbocycles. The summed E-state index contributed by atoms with van der Waals surface area (Å²) in [7, 11) is 0. The zero-order chi connectivity index (χ0) is 20.9. The molecule has 4 aromatic rings. The summed E-state index contributed by atoms with van der Waals surface area (Å²) in [6.07, 6.45) is 2.52. The molecule has 2 aromatic heterocycles. The number of nitrogens with zero attached hydrogens (tertiary/aromatic N) is 2. The number of aromatic nitrogens is 1. The molecule has 0 aliphatic carbocycles. The first-order valence-electron chi connectivity index (χ1n) is 10.7. The number of hydrogen-bond acceptors (Lipinski definition) is 3. The smallest absolute Gasteiger partial charge is 0.289 e. The Kier molecular flexibility index (Phi) is 4.10. The molecule has 2 bridgehead atoms. The maximum absolute atomic E-state index is 12.9. The summed E-state index contributed by atoms with van der Waals surface area (Å²) in [5, 5.41) is 2.37. The Balaban J connectivity index is 1.44. The van der Waals surface area contributed by atoms with Crippen LogP contribution in [0.25, 0.3) is 21.9 Å². The highest BCUT2D eigenvalue weighted by Crippen LogP contribution is 2.40. The normalized spacial score (nSPS) is 19.9. The Morgan fingerprint density at radius 2 is 1.77 bits per heavy atom. The number of carbonyl (C=O) groups excluding carboxylic acids is 1. The zero-order valence-corrected chi connectivity index (χ0v) is 17.0. The molecule has 1 amide bonds. The van der Waals surface area contributed by atoms with Gasteiger partial charge in [0.05, 0.1) is 6.26 Å². The lowest BCUT2D eigenvalue weighted by Gasteiger charge is -2.43. The second-order valence-corrected chi connectivity index (χ2v) is 8.63. The number of amides is 1. The van der Waals surface area contributed by atoms with Crippen LogP contribution in [0.1, 0.15) is 28.6 Å². The molecule has 5 heteroatoms. The van der Waals surface area contributed by atoms with E-state index < -0.39 is 0 Å². The Morgan fingerprint density at radius 1 is 0.903 bits per heavy atom. The molecule has 1 fully saturated rings. The zero-order valence-electron chi connectivity index (χ0n) is 17.0. The Labute approximate surface area is 179 Å². The molecular formula is C26H22N2O3. The summed E-state index contributed by atoms with van der Waals surface area (Å²) in [5.74, 6) is 0.704. The van der Waals surface area contributed by atoms with E-state index in [4.69, 9.17) is 4.42 Å². The van der Waals surface area contributed by atoms with E-state index in [0.717, 1.165) is 23.2 Å². The number of rotatable bonds is 2. The number of fused-ring (bicyclic) bond motifs is 5. The van der Waals surface area contributed by atoms with Crippen molar-refractivity contribution in [3.05, 3.63) is 94.8 Å². The van der Waals surface area contributed by atoms with Crippen LogP contribution in [0.4, 0.5) is 0 Å². The molecule has 0 unspecified atom stereocenters. The van der Waals surface area contributed by atoms with E-state index >= 15 is 0 Å². The first-order chi connectivity index (χ1) is 15.2. The summed E-state index contributed by atoms with van der Waals surface area (Å²) in [4.78, 5) is 27.6. The predicted octanol–water partition coefficient (Wildman–Crippen LogP) is 4.52. The summed E-state index contributed by atoms with van der Waals surface area (Å²) >= 11 is 0. The van der Waals surface area contributed by atoms with Crippen LogP contribution in [0.3, 0.4) is 0 Å². The van der Waals surface area contributed by atoms with Crippen molar-refractivity contribution in [2.75, 3.05) is 13.1 Å². The van der Waals surface area contributed by atoms with Gasteiger partial charge in [0.15, 0.2) is 5.76 Å². The minimum absolute atomic E-state index is 0.0417. The number of likely N-dealkylation sites (tertiary alicyclic amines) is 1. The minimum atomic E-state index is -0.0707. The quantitative estimate of drug-likeness (QED) is 0.488. The van der Waals surface area contributed by atoms with Gasteiger partial charge < -0.3 is 13.9 Å². The third-order valence-electron chi connectivity index (χ3n) is 6.67. The molecule has 1 saturated heterocycles. The summed E-state index contributed by atoms with van der Waals surface area (Å²) in [5.41, 5.74) is 3.28. The van der Waals surface area contributed by atoms with E-state index in [1.807, 2.05) is 27.7 Å². The van der Waals surface area contributed by atoms with E-state index in [9.17, 15) is 9.59 Å². The van der Waals surface area contributed by atoms with Crippen LogP contribution in [-0.2, 0) is 6.54 Å². The Morgan fingerprint density at radius 3 is 2.61 bits per heavy atom. The van der Waals surface area contributed by atoms with Gasteiger partial charge in [-0.3, -0.25) is 9.59 Å². The number of benzene rings is 2. The van der Waals surface area contributed by atoms with Crippen molar-refractivity contribution in [3.8, 4) is 11.1 Å². The van der Waals surface area contributed by atoms with E-state index in [-0.39, 0.29) is 23.3 Å². The molecule has 2 aromatic carbocycles. The lowest BCUT2D eigenvalue weighted by atomic mass is 9.80. The van der Waals surface area contributed by atoms with Gasteiger partial charge in [-0.15, -0.1) is 0 Å². The first-order valence-corrected chi connectivity index (χ1v) is 10.7. The monoisotopic (exact) mass is 410 g/mol. The number of hydrogen-bond donors (Lipinski definition) is 0. The molecule has 0 N–H and O–H groups in total. The number of furan rings is 1. The largest absolute Gasteiger partial charge is 0.459 e. The van der Waals surface area contributed by atoms with Crippen LogP contribution < -0.4 is 5.56 Å². The van der Waals surface area contributed by atoms with Crippen molar-refractivity contribution in [1.29, 1.82) is 0 Å². The third kappa shape index (κ3) is 3.00. The van der Waals surface area contributed by atoms with Crippen LogP contribution in [-0.4, -0.2) is 28.5 Å². The fourth-order valence-electron chi connectivity index (χ4n) is 5.34. The topological polar surface area (TPSA) is 55.5 Å². The average molecular weight is 410 g/mol. The minimum Gasteiger partial charge on any atom is -0.459 e. The molecule has 5 nitrogen and oxygen atoms in total. The van der Waals surface area contributed by atoms with Crippen molar-refractivity contribution in [2.45, 2.75) is 18.9 Å². The average Bonchev–Trinajstić information content (AvgIpc) is 3.34. The highest BCUT2D eigenvalue weighted by Gasteiger charge is 2.38. The van der Waals surface area contributed by atoms with Gasteiger partial charge in [-0.1, -0.05) is 36.4 Å². The second-order valence-electron chi connectivity index (χ2n) is 8.63. The van der Waals surface area contributed by atoms with E-state index in [1.54, 1.807) is 18.2 Å². The molecule has 2 atom stereocenters. The van der Waals surface area contributed by atoms with Crippen LogP contribution in [0.5, 0.6) is 0 Å². The highest BCUT2D eigenvalue weighted by molar-refractivity contribution is 5.91. The van der Waals surface area contributed by atoms with E-state index in [0.29, 0.717) is 25.4 Å². The maximum Gasteiger partial charge on any atom is 0.289 e. The lowest BCUT2D eigenvalue weighted by molar-refractivity contribution is 0.0564. The lowest BCUT2D eigenvalue weighted by Crippen LogP contribution is -2.49. The summed E-state index contributed by atoms with van der Waals surface area (Å²) in [6.45, 7) is 1.90. The first kappa shape index (κ1) is 18.2. The number of piperidine rings is 1. The van der Waals surface area contributed by atoms with Crippen LogP contribution >= 0.6 is 0 Å². The summed E-state index contributed by atoms with van der Waals surface area (Å²) in [6, 6.07) is 21.8. The van der Waals surface area contributed by atoms with Crippen molar-refractivity contribution in [3.63, 3.8) is 0 Å². The van der Waals surface area contributed by atoms with Gasteiger partial charge >= 0.3 is 0 Å². The molecule has 31 heavy (non-hydrogen) atoms. The van der Waals surface area contributed by atoms with Gasteiger partial charge in [0.2, 0.25) is 0 Å². The van der Waals surface area contributed by atoms with E-state index in [1.165, 1.54) is 17.0 Å². The van der Waals surface area contributed by atoms with E-state index in [2.05, 4.69) is 30.3 Å². The fourth-order valence-corrected chi connectivity index (χ4v) is 5.34. The van der Waals surface area contributed by atoms with Gasteiger partial charge in [0.25, 0.3) is 11.5 Å². The van der Waals surface area contributed by atoms with Gasteiger partial charge in [-0.05, 0) is 52.9 Å². The number of pyridine rings is 1. The molecule has 154 valence electrons. The molecule has 4 heterocycles. The molecule has 2 aliphatic heterocycles. The summed E-state index contributed by atoms with van der Waals surface area (Å²) < 4.78 is 7.29. The standard InChI is InChI=1S/C26H22N2O3/c29-24-10-9-22(20-8-7-18-4-1-2-5-19(18)13-20)25-21-12-17(15-28(24)25)14-27(16-21)26(30)23-6-3-11-31-23/h1-11,13,17,21H,12,14-16H2/t17-,21-/m0/s1.